The van der Waals surface area contributed by atoms with Crippen molar-refractivity contribution in [2.75, 3.05) is 31.7 Å². The Morgan fingerprint density at radius 3 is 3.16 bits per heavy atom. The van der Waals surface area contributed by atoms with Crippen LogP contribution in [0.5, 0.6) is 5.88 Å². The average molecular weight is 344 g/mol. The maximum Gasteiger partial charge on any atom is 0.226 e. The topological polar surface area (TPSA) is 89.7 Å². The minimum Gasteiger partial charge on any atom is -0.481 e. The highest BCUT2D eigenvalue weighted by atomic mass is 16.5. The number of nitrogens with zero attached hydrogens (tertiary/aromatic N) is 3. The van der Waals surface area contributed by atoms with Gasteiger partial charge in [-0.25, -0.2) is 9.97 Å². The molecule has 0 unspecified atom stereocenters. The van der Waals surface area contributed by atoms with Crippen LogP contribution in [-0.4, -0.2) is 48.8 Å². The first-order chi connectivity index (χ1) is 12.2. The highest BCUT2D eigenvalue weighted by molar-refractivity contribution is 5.79. The van der Waals surface area contributed by atoms with Crippen molar-refractivity contribution in [3.05, 3.63) is 36.5 Å². The Morgan fingerprint density at radius 2 is 2.36 bits per heavy atom. The third-order valence-corrected chi connectivity index (χ3v) is 4.83. The molecule has 2 fully saturated rings. The lowest BCUT2D eigenvalue weighted by atomic mass is 9.92. The maximum absolute atomic E-state index is 12.5. The lowest BCUT2D eigenvalue weighted by molar-refractivity contribution is -0.126. The fraction of sp³-hybridized carbons (Fsp3) is 0.471. The molecular formula is C17H20N4O4. The zero-order valence-electron chi connectivity index (χ0n) is 13.9. The summed E-state index contributed by atoms with van der Waals surface area (Å²) in [7, 11) is 1.58. The van der Waals surface area contributed by atoms with Gasteiger partial charge in [-0.3, -0.25) is 4.79 Å². The van der Waals surface area contributed by atoms with Gasteiger partial charge in [0, 0.05) is 25.1 Å². The molecule has 0 saturated carbocycles. The van der Waals surface area contributed by atoms with Crippen LogP contribution in [0.4, 0.5) is 5.82 Å². The van der Waals surface area contributed by atoms with E-state index in [4.69, 9.17) is 13.9 Å². The lowest BCUT2D eigenvalue weighted by Crippen LogP contribution is -2.36. The SMILES string of the molecule is COc1cc(N2C[C@@H]3[C@H](C2)OC[C@@H]3C(=O)NCc2ccco2)ncn1. The van der Waals surface area contributed by atoms with Gasteiger partial charge in [0.25, 0.3) is 0 Å². The van der Waals surface area contributed by atoms with E-state index in [9.17, 15) is 4.79 Å². The Hall–Kier alpha value is -2.61. The molecule has 0 spiro atoms. The number of aromatic nitrogens is 2. The summed E-state index contributed by atoms with van der Waals surface area (Å²) in [5, 5.41) is 2.94. The first-order valence-electron chi connectivity index (χ1n) is 8.27. The molecule has 2 aromatic heterocycles. The van der Waals surface area contributed by atoms with Gasteiger partial charge in [0.15, 0.2) is 0 Å². The summed E-state index contributed by atoms with van der Waals surface area (Å²) in [6.07, 6.45) is 3.12. The van der Waals surface area contributed by atoms with E-state index < -0.39 is 0 Å². The van der Waals surface area contributed by atoms with Gasteiger partial charge in [0.05, 0.1) is 38.5 Å². The number of amides is 1. The third kappa shape index (κ3) is 3.17. The molecule has 0 bridgehead atoms. The van der Waals surface area contributed by atoms with E-state index in [0.717, 1.165) is 18.1 Å². The zero-order valence-corrected chi connectivity index (χ0v) is 13.9. The second kappa shape index (κ2) is 6.72. The Kier molecular flexibility index (Phi) is 4.27. The van der Waals surface area contributed by atoms with E-state index in [1.165, 1.54) is 6.33 Å². The molecule has 2 aromatic rings. The van der Waals surface area contributed by atoms with Gasteiger partial charge in [-0.2, -0.15) is 0 Å². The standard InChI is InChI=1S/C17H20N4O4/c1-23-16-5-15(19-10-20-16)21-7-12-13(9-25-14(12)8-21)17(22)18-6-11-3-2-4-24-11/h2-5,10,12-14H,6-9H2,1H3,(H,18,22)/t12-,13-,14-/m0/s1. The molecule has 0 aromatic carbocycles. The molecule has 1 amide bonds. The van der Waals surface area contributed by atoms with Crippen LogP contribution < -0.4 is 15.0 Å². The molecule has 0 radical (unpaired) electrons. The van der Waals surface area contributed by atoms with Gasteiger partial charge in [-0.1, -0.05) is 0 Å². The Balaban J connectivity index is 1.39. The zero-order chi connectivity index (χ0) is 17.2. The number of carbonyl (C=O) groups excluding carboxylic acids is 1. The van der Waals surface area contributed by atoms with Crippen molar-refractivity contribution < 1.29 is 18.7 Å². The fourth-order valence-electron chi connectivity index (χ4n) is 3.50. The van der Waals surface area contributed by atoms with Crippen LogP contribution in [0.3, 0.4) is 0 Å². The number of ether oxygens (including phenoxy) is 2. The smallest absolute Gasteiger partial charge is 0.226 e. The molecule has 25 heavy (non-hydrogen) atoms. The molecule has 2 saturated heterocycles. The van der Waals surface area contributed by atoms with Crippen molar-refractivity contribution in [3.8, 4) is 5.88 Å². The lowest BCUT2D eigenvalue weighted by Gasteiger charge is -2.20. The van der Waals surface area contributed by atoms with E-state index in [2.05, 4.69) is 20.2 Å². The first-order valence-corrected chi connectivity index (χ1v) is 8.27. The summed E-state index contributed by atoms with van der Waals surface area (Å²) >= 11 is 0. The predicted octanol–water partition coefficient (Wildman–Crippen LogP) is 0.846. The summed E-state index contributed by atoms with van der Waals surface area (Å²) in [5.41, 5.74) is 0. The Labute approximate surface area is 145 Å². The summed E-state index contributed by atoms with van der Waals surface area (Å²) in [5.74, 6) is 2.05. The molecule has 1 N–H and O–H groups in total. The number of hydrogen-bond acceptors (Lipinski definition) is 7. The van der Waals surface area contributed by atoms with Crippen LogP contribution in [0.2, 0.25) is 0 Å². The summed E-state index contributed by atoms with van der Waals surface area (Å²) in [4.78, 5) is 23.0. The largest absolute Gasteiger partial charge is 0.481 e. The van der Waals surface area contributed by atoms with Crippen molar-refractivity contribution in [1.29, 1.82) is 0 Å². The molecular weight excluding hydrogens is 324 g/mol. The van der Waals surface area contributed by atoms with Gasteiger partial charge < -0.3 is 24.1 Å². The number of carbonyl (C=O) groups is 1. The van der Waals surface area contributed by atoms with Crippen molar-refractivity contribution in [3.63, 3.8) is 0 Å². The minimum atomic E-state index is -0.159. The summed E-state index contributed by atoms with van der Waals surface area (Å²) in [6.45, 7) is 2.29. The first kappa shape index (κ1) is 15.9. The van der Waals surface area contributed by atoms with E-state index in [-0.39, 0.29) is 23.8 Å². The van der Waals surface area contributed by atoms with Crippen LogP contribution in [0.1, 0.15) is 5.76 Å². The molecule has 8 nitrogen and oxygen atoms in total. The second-order valence-corrected chi connectivity index (χ2v) is 6.26. The fourth-order valence-corrected chi connectivity index (χ4v) is 3.50. The third-order valence-electron chi connectivity index (χ3n) is 4.83. The van der Waals surface area contributed by atoms with Gasteiger partial charge in [0.1, 0.15) is 17.9 Å². The summed E-state index contributed by atoms with van der Waals surface area (Å²) < 4.78 is 16.3. The van der Waals surface area contributed by atoms with Crippen LogP contribution in [0.25, 0.3) is 0 Å². The van der Waals surface area contributed by atoms with Gasteiger partial charge in [-0.15, -0.1) is 0 Å². The van der Waals surface area contributed by atoms with Gasteiger partial charge >= 0.3 is 0 Å². The van der Waals surface area contributed by atoms with Crippen molar-refractivity contribution in [2.24, 2.45) is 11.8 Å². The van der Waals surface area contributed by atoms with Crippen molar-refractivity contribution >= 4 is 11.7 Å². The number of nitrogens with one attached hydrogen (secondary N) is 1. The quantitative estimate of drug-likeness (QED) is 0.860. The molecule has 132 valence electrons. The molecule has 2 aliphatic heterocycles. The van der Waals surface area contributed by atoms with Crippen LogP contribution in [0, 0.1) is 11.8 Å². The number of hydrogen-bond donors (Lipinski definition) is 1. The molecule has 3 atom stereocenters. The number of fused-ring (bicyclic) bond motifs is 1. The van der Waals surface area contributed by atoms with E-state index in [1.54, 1.807) is 25.5 Å². The van der Waals surface area contributed by atoms with Crippen LogP contribution in [-0.2, 0) is 16.1 Å². The van der Waals surface area contributed by atoms with E-state index in [0.29, 0.717) is 25.6 Å². The number of rotatable bonds is 5. The van der Waals surface area contributed by atoms with Gasteiger partial charge in [-0.05, 0) is 12.1 Å². The molecule has 4 heterocycles. The molecule has 2 aliphatic rings. The number of methoxy groups -OCH3 is 1. The van der Waals surface area contributed by atoms with Crippen LogP contribution >= 0.6 is 0 Å². The van der Waals surface area contributed by atoms with E-state index >= 15 is 0 Å². The van der Waals surface area contributed by atoms with Crippen LogP contribution in [0.15, 0.2) is 35.2 Å². The highest BCUT2D eigenvalue weighted by Crippen LogP contribution is 2.35. The number of anilines is 1. The number of furan rings is 1. The Morgan fingerprint density at radius 1 is 1.44 bits per heavy atom. The monoisotopic (exact) mass is 344 g/mol. The molecule has 0 aliphatic carbocycles. The highest BCUT2D eigenvalue weighted by Gasteiger charge is 2.47. The predicted molar refractivity (Wildman–Crippen MR) is 88.1 cm³/mol. The van der Waals surface area contributed by atoms with Gasteiger partial charge in [0.2, 0.25) is 11.8 Å². The van der Waals surface area contributed by atoms with Crippen molar-refractivity contribution in [2.45, 2.75) is 12.6 Å². The normalized spacial score (nSPS) is 25.0. The Bertz CT molecular complexity index is 736. The second-order valence-electron chi connectivity index (χ2n) is 6.26. The van der Waals surface area contributed by atoms with Crippen molar-refractivity contribution in [1.82, 2.24) is 15.3 Å². The maximum atomic E-state index is 12.5. The minimum absolute atomic E-state index is 0.00557. The summed E-state index contributed by atoms with van der Waals surface area (Å²) in [6, 6.07) is 5.45. The van der Waals surface area contributed by atoms with E-state index in [1.807, 2.05) is 6.07 Å². The molecule has 8 heteroatoms. The molecule has 4 rings (SSSR count). The average Bonchev–Trinajstić information content (AvgIpc) is 3.36.